The Kier molecular flexibility index (Phi) is 3.64. The van der Waals surface area contributed by atoms with Crippen LogP contribution >= 0.6 is 0 Å². The molecule has 4 N–H and O–H groups in total. The van der Waals surface area contributed by atoms with Crippen LogP contribution in [0.1, 0.15) is 31.2 Å². The van der Waals surface area contributed by atoms with Crippen LogP contribution < -0.4 is 16.4 Å². The predicted molar refractivity (Wildman–Crippen MR) is 70.0 cm³/mol. The number of carbonyl (C=O) groups excluding carboxylic acids is 1. The lowest BCUT2D eigenvalue weighted by Crippen LogP contribution is -2.41. The maximum absolute atomic E-state index is 11.2. The van der Waals surface area contributed by atoms with Gasteiger partial charge in [-0.25, -0.2) is 9.97 Å². The maximum Gasteiger partial charge on any atom is 0.237 e. The fourth-order valence-electron chi connectivity index (χ4n) is 2.50. The number of primary amides is 1. The maximum atomic E-state index is 11.2. The molecule has 98 valence electrons. The number of nitrogens with two attached hydrogens (primary N) is 2. The monoisotopic (exact) mass is 249 g/mol. The molecule has 6 heteroatoms. The molecule has 1 aromatic rings. The van der Waals surface area contributed by atoms with Crippen molar-refractivity contribution in [2.75, 3.05) is 17.2 Å². The van der Waals surface area contributed by atoms with Gasteiger partial charge in [-0.3, -0.25) is 4.79 Å². The van der Waals surface area contributed by atoms with E-state index in [1.54, 1.807) is 0 Å². The Morgan fingerprint density at radius 2 is 2.11 bits per heavy atom. The normalized spacial score (nSPS) is 15.8. The van der Waals surface area contributed by atoms with Crippen molar-refractivity contribution in [1.82, 2.24) is 9.97 Å². The van der Waals surface area contributed by atoms with Crippen molar-refractivity contribution >= 4 is 17.5 Å². The second kappa shape index (κ2) is 5.20. The third kappa shape index (κ3) is 2.52. The van der Waals surface area contributed by atoms with Gasteiger partial charge >= 0.3 is 0 Å². The predicted octanol–water partition coefficient (Wildman–Crippen LogP) is 0.602. The van der Waals surface area contributed by atoms with Crippen molar-refractivity contribution in [2.24, 2.45) is 5.73 Å². The Bertz CT molecular complexity index is 442. The van der Waals surface area contributed by atoms with Crippen molar-refractivity contribution < 1.29 is 4.79 Å². The number of hydrogen-bond donors (Lipinski definition) is 2. The van der Waals surface area contributed by atoms with E-state index in [0.717, 1.165) is 24.2 Å². The minimum atomic E-state index is -0.349. The third-order valence-corrected chi connectivity index (χ3v) is 3.46. The lowest BCUT2D eigenvalue weighted by Gasteiger charge is -2.30. The minimum Gasteiger partial charge on any atom is -0.383 e. The van der Waals surface area contributed by atoms with Crippen molar-refractivity contribution in [2.45, 2.75) is 38.6 Å². The number of anilines is 2. The summed E-state index contributed by atoms with van der Waals surface area (Å²) in [5.74, 6) is 0.833. The van der Waals surface area contributed by atoms with Gasteiger partial charge in [-0.15, -0.1) is 0 Å². The number of hydrogen-bond acceptors (Lipinski definition) is 5. The van der Waals surface area contributed by atoms with E-state index in [-0.39, 0.29) is 12.5 Å². The van der Waals surface area contributed by atoms with Crippen LogP contribution in [0.15, 0.2) is 6.33 Å². The van der Waals surface area contributed by atoms with Gasteiger partial charge in [-0.05, 0) is 19.8 Å². The van der Waals surface area contributed by atoms with Crippen LogP contribution in [0.25, 0.3) is 0 Å². The Labute approximate surface area is 106 Å². The molecule has 1 fully saturated rings. The fraction of sp³-hybridized carbons (Fsp3) is 0.583. The Morgan fingerprint density at radius 1 is 1.44 bits per heavy atom. The number of aromatic nitrogens is 2. The summed E-state index contributed by atoms with van der Waals surface area (Å²) in [6, 6.07) is 0.325. The van der Waals surface area contributed by atoms with E-state index in [0.29, 0.717) is 11.9 Å². The lowest BCUT2D eigenvalue weighted by molar-refractivity contribution is -0.116. The Hall–Kier alpha value is -1.85. The summed E-state index contributed by atoms with van der Waals surface area (Å²) in [6.07, 6.45) is 5.92. The first-order valence-corrected chi connectivity index (χ1v) is 6.21. The average molecular weight is 249 g/mol. The highest BCUT2D eigenvalue weighted by atomic mass is 16.1. The topological polar surface area (TPSA) is 98.1 Å². The van der Waals surface area contributed by atoms with Crippen LogP contribution in [-0.2, 0) is 4.79 Å². The number of nitrogen functional groups attached to an aromatic ring is 1. The highest BCUT2D eigenvalue weighted by Gasteiger charge is 2.26. The molecule has 0 spiro atoms. The van der Waals surface area contributed by atoms with Gasteiger partial charge in [-0.2, -0.15) is 0 Å². The molecule has 1 aromatic heterocycles. The number of amides is 1. The molecule has 1 aliphatic rings. The first-order valence-electron chi connectivity index (χ1n) is 6.21. The minimum absolute atomic E-state index is 0.183. The molecule has 0 saturated heterocycles. The Balaban J connectivity index is 2.32. The molecule has 1 saturated carbocycles. The zero-order valence-electron chi connectivity index (χ0n) is 10.6. The molecule has 1 heterocycles. The zero-order chi connectivity index (χ0) is 13.1. The van der Waals surface area contributed by atoms with Crippen molar-refractivity contribution in [1.29, 1.82) is 0 Å². The van der Waals surface area contributed by atoms with Gasteiger partial charge in [0, 0.05) is 11.6 Å². The molecule has 6 nitrogen and oxygen atoms in total. The van der Waals surface area contributed by atoms with Gasteiger partial charge in [0.1, 0.15) is 18.0 Å². The second-order valence-corrected chi connectivity index (χ2v) is 4.74. The van der Waals surface area contributed by atoms with Crippen LogP contribution in [0.3, 0.4) is 0 Å². The van der Waals surface area contributed by atoms with Gasteiger partial charge in [-0.1, -0.05) is 12.8 Å². The quantitative estimate of drug-likeness (QED) is 0.814. The molecule has 0 aliphatic heterocycles. The molecule has 0 radical (unpaired) electrons. The van der Waals surface area contributed by atoms with E-state index in [1.165, 1.54) is 19.2 Å². The van der Waals surface area contributed by atoms with E-state index < -0.39 is 0 Å². The molecule has 0 aromatic carbocycles. The van der Waals surface area contributed by atoms with E-state index in [2.05, 4.69) is 9.97 Å². The highest BCUT2D eigenvalue weighted by molar-refractivity contribution is 5.80. The second-order valence-electron chi connectivity index (χ2n) is 4.74. The lowest BCUT2D eigenvalue weighted by atomic mass is 10.2. The summed E-state index contributed by atoms with van der Waals surface area (Å²) in [5, 5.41) is 0. The van der Waals surface area contributed by atoms with Gasteiger partial charge in [0.15, 0.2) is 0 Å². The highest BCUT2D eigenvalue weighted by Crippen LogP contribution is 2.29. The standard InChI is InChI=1S/C12H19N5O/c1-8-11(14)15-7-16-12(8)17(6-10(13)18)9-4-2-3-5-9/h7,9H,2-6H2,1H3,(H2,13,18)(H2,14,15,16). The third-order valence-electron chi connectivity index (χ3n) is 3.46. The molecule has 0 bridgehead atoms. The van der Waals surface area contributed by atoms with Crippen LogP contribution in [-0.4, -0.2) is 28.5 Å². The summed E-state index contributed by atoms with van der Waals surface area (Å²) in [7, 11) is 0. The summed E-state index contributed by atoms with van der Waals surface area (Å²) < 4.78 is 0. The van der Waals surface area contributed by atoms with E-state index >= 15 is 0 Å². The molecule has 0 atom stereocenters. The van der Waals surface area contributed by atoms with Gasteiger partial charge < -0.3 is 16.4 Å². The number of rotatable bonds is 4. The van der Waals surface area contributed by atoms with Crippen molar-refractivity contribution in [3.63, 3.8) is 0 Å². The van der Waals surface area contributed by atoms with E-state index in [1.807, 2.05) is 11.8 Å². The fourth-order valence-corrected chi connectivity index (χ4v) is 2.50. The smallest absolute Gasteiger partial charge is 0.237 e. The zero-order valence-corrected chi connectivity index (χ0v) is 10.6. The molecular weight excluding hydrogens is 230 g/mol. The van der Waals surface area contributed by atoms with Crippen molar-refractivity contribution in [3.8, 4) is 0 Å². The number of nitrogens with zero attached hydrogens (tertiary/aromatic N) is 3. The van der Waals surface area contributed by atoms with Crippen LogP contribution in [0, 0.1) is 6.92 Å². The summed E-state index contributed by atoms with van der Waals surface area (Å²) >= 11 is 0. The Morgan fingerprint density at radius 3 is 2.72 bits per heavy atom. The summed E-state index contributed by atoms with van der Waals surface area (Å²) in [6.45, 7) is 2.05. The largest absolute Gasteiger partial charge is 0.383 e. The van der Waals surface area contributed by atoms with Gasteiger partial charge in [0.05, 0.1) is 6.54 Å². The van der Waals surface area contributed by atoms with Crippen LogP contribution in [0.5, 0.6) is 0 Å². The number of carbonyl (C=O) groups is 1. The van der Waals surface area contributed by atoms with E-state index in [4.69, 9.17) is 11.5 Å². The van der Waals surface area contributed by atoms with Crippen LogP contribution in [0.2, 0.25) is 0 Å². The van der Waals surface area contributed by atoms with E-state index in [9.17, 15) is 4.79 Å². The first-order chi connectivity index (χ1) is 8.59. The molecule has 1 amide bonds. The van der Waals surface area contributed by atoms with Crippen molar-refractivity contribution in [3.05, 3.63) is 11.9 Å². The SMILES string of the molecule is Cc1c(N)ncnc1N(CC(N)=O)C1CCCC1. The molecule has 0 unspecified atom stereocenters. The molecule has 2 rings (SSSR count). The van der Waals surface area contributed by atoms with Crippen LogP contribution in [0.4, 0.5) is 11.6 Å². The summed E-state index contributed by atoms with van der Waals surface area (Å²) in [5.41, 5.74) is 11.9. The first kappa shape index (κ1) is 12.6. The molecular formula is C12H19N5O. The molecule has 18 heavy (non-hydrogen) atoms. The van der Waals surface area contributed by atoms with Gasteiger partial charge in [0.25, 0.3) is 0 Å². The average Bonchev–Trinajstić information content (AvgIpc) is 2.83. The van der Waals surface area contributed by atoms with Gasteiger partial charge in [0.2, 0.25) is 5.91 Å². The summed E-state index contributed by atoms with van der Waals surface area (Å²) in [4.78, 5) is 21.4. The molecule has 1 aliphatic carbocycles.